The van der Waals surface area contributed by atoms with Gasteiger partial charge >= 0.3 is 6.36 Å². The predicted molar refractivity (Wildman–Crippen MR) is 43.1 cm³/mol. The van der Waals surface area contributed by atoms with Crippen molar-refractivity contribution in [1.29, 1.82) is 0 Å². The van der Waals surface area contributed by atoms with Crippen LogP contribution in [0.1, 0.15) is 6.42 Å². The molecule has 0 aromatic rings. The number of carbonyl (C=O) groups excluding carboxylic acids is 1. The Labute approximate surface area is 83.5 Å². The van der Waals surface area contributed by atoms with Gasteiger partial charge in [0.1, 0.15) is 0 Å². The molecule has 1 heterocycles. The van der Waals surface area contributed by atoms with Gasteiger partial charge in [-0.1, -0.05) is 0 Å². The summed E-state index contributed by atoms with van der Waals surface area (Å²) in [5, 5.41) is 2.62. The number of nitrogens with one attached hydrogen (secondary N) is 1. The number of rotatable bonds is 3. The van der Waals surface area contributed by atoms with E-state index in [2.05, 4.69) is 10.1 Å². The maximum atomic E-state index is 11.8. The van der Waals surface area contributed by atoms with E-state index in [4.69, 9.17) is 11.6 Å². The molecule has 0 unspecified atom stereocenters. The summed E-state index contributed by atoms with van der Waals surface area (Å²) < 4.78 is 39.0. The fraction of sp³-hybridized carbons (Fsp3) is 0.857. The zero-order chi connectivity index (χ0) is 10.8. The molecule has 2 atom stereocenters. The molecule has 0 saturated carbocycles. The topological polar surface area (TPSA) is 38.3 Å². The Kier molecular flexibility index (Phi) is 3.74. The molecular formula is C7H9ClF3NO2. The maximum Gasteiger partial charge on any atom is 0.522 e. The summed E-state index contributed by atoms with van der Waals surface area (Å²) >= 11 is 5.26. The molecule has 3 nitrogen and oxygen atoms in total. The van der Waals surface area contributed by atoms with Gasteiger partial charge in [0.05, 0.1) is 18.0 Å². The summed E-state index contributed by atoms with van der Waals surface area (Å²) in [6.07, 6.45) is -5.62. The molecule has 82 valence electrons. The molecule has 1 saturated heterocycles. The Balaban J connectivity index is 2.38. The molecule has 0 bridgehead atoms. The van der Waals surface area contributed by atoms with E-state index in [0.717, 1.165) is 0 Å². The fourth-order valence-electron chi connectivity index (χ4n) is 1.32. The maximum absolute atomic E-state index is 11.8. The molecule has 1 N–H and O–H groups in total. The second-order valence-corrected chi connectivity index (χ2v) is 3.25. The lowest BCUT2D eigenvalue weighted by Gasteiger charge is -2.12. The smallest absolute Gasteiger partial charge is 0.305 e. The highest BCUT2D eigenvalue weighted by atomic mass is 35.5. The Morgan fingerprint density at radius 2 is 2.21 bits per heavy atom. The largest absolute Gasteiger partial charge is 0.522 e. The molecule has 0 aromatic carbocycles. The molecule has 1 aliphatic rings. The number of ketones is 1. The third-order valence-corrected chi connectivity index (χ3v) is 2.17. The Morgan fingerprint density at radius 1 is 1.57 bits per heavy atom. The lowest BCUT2D eigenvalue weighted by molar-refractivity contribution is -0.340. The number of hydrogen-bond acceptors (Lipinski definition) is 3. The van der Waals surface area contributed by atoms with Crippen LogP contribution in [-0.2, 0) is 9.53 Å². The van der Waals surface area contributed by atoms with Crippen molar-refractivity contribution in [3.63, 3.8) is 0 Å². The van der Waals surface area contributed by atoms with Gasteiger partial charge < -0.3 is 5.32 Å². The van der Waals surface area contributed by atoms with Gasteiger partial charge in [-0.3, -0.25) is 9.53 Å². The molecule has 0 amide bonds. The van der Waals surface area contributed by atoms with Crippen LogP contribution < -0.4 is 5.32 Å². The van der Waals surface area contributed by atoms with Crippen molar-refractivity contribution in [3.05, 3.63) is 0 Å². The number of Topliss-reactive ketones (excluding diaryl/α,β-unsaturated/α-hetero) is 1. The van der Waals surface area contributed by atoms with Crippen LogP contribution in [0, 0.1) is 0 Å². The van der Waals surface area contributed by atoms with Gasteiger partial charge in [0, 0.05) is 6.54 Å². The average molecular weight is 232 g/mol. The van der Waals surface area contributed by atoms with E-state index in [9.17, 15) is 18.0 Å². The van der Waals surface area contributed by atoms with Crippen molar-refractivity contribution in [2.24, 2.45) is 0 Å². The first-order chi connectivity index (χ1) is 6.42. The summed E-state index contributed by atoms with van der Waals surface area (Å²) in [6.45, 7) is 0.0206. The van der Waals surface area contributed by atoms with E-state index >= 15 is 0 Å². The Morgan fingerprint density at radius 3 is 2.71 bits per heavy atom. The molecule has 0 radical (unpaired) electrons. The minimum atomic E-state index is -4.65. The van der Waals surface area contributed by atoms with Crippen molar-refractivity contribution in [1.82, 2.24) is 5.32 Å². The number of halogens is 4. The quantitative estimate of drug-likeness (QED) is 0.739. The van der Waals surface area contributed by atoms with E-state index in [1.807, 2.05) is 0 Å². The van der Waals surface area contributed by atoms with Crippen molar-refractivity contribution in [2.75, 3.05) is 12.4 Å². The highest BCUT2D eigenvalue weighted by Crippen LogP contribution is 2.23. The van der Waals surface area contributed by atoms with Gasteiger partial charge in [-0.25, -0.2) is 0 Å². The zero-order valence-corrected chi connectivity index (χ0v) is 7.86. The van der Waals surface area contributed by atoms with Crippen molar-refractivity contribution < 1.29 is 22.7 Å². The third-order valence-electron chi connectivity index (χ3n) is 1.91. The van der Waals surface area contributed by atoms with E-state index < -0.39 is 18.5 Å². The zero-order valence-electron chi connectivity index (χ0n) is 7.10. The van der Waals surface area contributed by atoms with Crippen molar-refractivity contribution in [2.45, 2.75) is 24.9 Å². The minimum Gasteiger partial charge on any atom is -0.305 e. The van der Waals surface area contributed by atoms with Crippen LogP contribution >= 0.6 is 11.6 Å². The molecule has 14 heavy (non-hydrogen) atoms. The standard InChI is InChI=1S/C7H9ClF3NO2/c8-2-6(13)5-1-4(3-12-5)14-7(9,10)11/h4-5,12H,1-3H2/t4-,5-/m0/s1. The molecule has 1 aliphatic heterocycles. The van der Waals surface area contributed by atoms with Gasteiger partial charge in [0.2, 0.25) is 0 Å². The van der Waals surface area contributed by atoms with Crippen LogP contribution in [0.3, 0.4) is 0 Å². The van der Waals surface area contributed by atoms with Gasteiger partial charge in [-0.05, 0) is 6.42 Å². The summed E-state index contributed by atoms with van der Waals surface area (Å²) in [6, 6.07) is -0.611. The average Bonchev–Trinajstić information content (AvgIpc) is 2.48. The highest BCUT2D eigenvalue weighted by Gasteiger charge is 2.38. The summed E-state index contributed by atoms with van der Waals surface area (Å²) in [4.78, 5) is 11.0. The summed E-state index contributed by atoms with van der Waals surface area (Å²) in [5.41, 5.74) is 0. The SMILES string of the molecule is O=C(CCl)[C@@H]1C[C@H](OC(F)(F)F)CN1. The molecular weight excluding hydrogens is 223 g/mol. The second kappa shape index (κ2) is 4.46. The first-order valence-corrected chi connectivity index (χ1v) is 4.52. The van der Waals surface area contributed by atoms with Gasteiger partial charge in [-0.2, -0.15) is 0 Å². The number of ether oxygens (including phenoxy) is 1. The summed E-state index contributed by atoms with van der Waals surface area (Å²) in [5.74, 6) is -0.504. The second-order valence-electron chi connectivity index (χ2n) is 2.98. The molecule has 0 aromatic heterocycles. The van der Waals surface area contributed by atoms with Crippen LogP contribution in [0.4, 0.5) is 13.2 Å². The molecule has 1 fully saturated rings. The molecule has 7 heteroatoms. The molecule has 0 aliphatic carbocycles. The monoisotopic (exact) mass is 231 g/mol. The van der Waals surface area contributed by atoms with Gasteiger partial charge in [-0.15, -0.1) is 24.8 Å². The first kappa shape index (κ1) is 11.7. The Hall–Kier alpha value is -0.330. The van der Waals surface area contributed by atoms with Crippen LogP contribution in [0.2, 0.25) is 0 Å². The van der Waals surface area contributed by atoms with E-state index in [0.29, 0.717) is 0 Å². The summed E-state index contributed by atoms with van der Waals surface area (Å²) in [7, 11) is 0. The normalized spacial score (nSPS) is 28.0. The lowest BCUT2D eigenvalue weighted by atomic mass is 10.1. The number of alkyl halides is 4. The van der Waals surface area contributed by atoms with E-state index in [-0.39, 0.29) is 24.6 Å². The van der Waals surface area contributed by atoms with Crippen molar-refractivity contribution in [3.8, 4) is 0 Å². The number of hydrogen-bond donors (Lipinski definition) is 1. The van der Waals surface area contributed by atoms with Crippen LogP contribution in [-0.4, -0.2) is 36.7 Å². The predicted octanol–water partition coefficient (Wildman–Crippen LogP) is 1.06. The van der Waals surface area contributed by atoms with E-state index in [1.54, 1.807) is 0 Å². The molecule has 1 rings (SSSR count). The third kappa shape index (κ3) is 3.43. The lowest BCUT2D eigenvalue weighted by Crippen LogP contribution is -2.31. The van der Waals surface area contributed by atoms with Crippen LogP contribution in [0.15, 0.2) is 0 Å². The molecule has 0 spiro atoms. The fourth-order valence-corrected chi connectivity index (χ4v) is 1.51. The minimum absolute atomic E-state index is 0.0189. The van der Waals surface area contributed by atoms with Crippen LogP contribution in [0.25, 0.3) is 0 Å². The van der Waals surface area contributed by atoms with Crippen LogP contribution in [0.5, 0.6) is 0 Å². The Bertz CT molecular complexity index is 221. The van der Waals surface area contributed by atoms with Gasteiger partial charge in [0.15, 0.2) is 5.78 Å². The van der Waals surface area contributed by atoms with Gasteiger partial charge in [0.25, 0.3) is 0 Å². The highest BCUT2D eigenvalue weighted by molar-refractivity contribution is 6.28. The van der Waals surface area contributed by atoms with Crippen molar-refractivity contribution >= 4 is 17.4 Å². The number of carbonyl (C=O) groups is 1. The van der Waals surface area contributed by atoms with E-state index in [1.165, 1.54) is 0 Å². The first-order valence-electron chi connectivity index (χ1n) is 3.99.